The van der Waals surface area contributed by atoms with Crippen molar-refractivity contribution in [1.82, 2.24) is 15.1 Å². The molecule has 0 bridgehead atoms. The van der Waals surface area contributed by atoms with Gasteiger partial charge in [-0.05, 0) is 19.1 Å². The number of hydrogen-bond acceptors (Lipinski definition) is 5. The van der Waals surface area contributed by atoms with Crippen LogP contribution in [0.25, 0.3) is 11.0 Å². The van der Waals surface area contributed by atoms with Crippen LogP contribution in [0.2, 0.25) is 0 Å². The minimum Gasteiger partial charge on any atom is -0.363 e. The highest BCUT2D eigenvalue weighted by Gasteiger charge is 2.02. The van der Waals surface area contributed by atoms with Crippen LogP contribution < -0.4 is 5.32 Å². The zero-order valence-corrected chi connectivity index (χ0v) is 9.92. The molecule has 0 aliphatic heterocycles. The highest BCUT2D eigenvalue weighted by atomic mass is 16.5. The maximum Gasteiger partial charge on any atom is 0.145 e. The Morgan fingerprint density at radius 2 is 2.06 bits per heavy atom. The van der Waals surface area contributed by atoms with E-state index in [1.54, 1.807) is 6.20 Å². The second-order valence-corrected chi connectivity index (χ2v) is 4.03. The van der Waals surface area contributed by atoms with Gasteiger partial charge in [-0.1, -0.05) is 17.3 Å². The third-order valence-corrected chi connectivity index (χ3v) is 2.58. The molecule has 3 rings (SSSR count). The first kappa shape index (κ1) is 10.7. The average Bonchev–Trinajstić information content (AvgIpc) is 2.82. The van der Waals surface area contributed by atoms with E-state index in [9.17, 15) is 0 Å². The Morgan fingerprint density at radius 1 is 1.22 bits per heavy atom. The predicted octanol–water partition coefficient (Wildman–Crippen LogP) is 2.54. The second kappa shape index (κ2) is 4.44. The first-order chi connectivity index (χ1) is 8.81. The van der Waals surface area contributed by atoms with Crippen molar-refractivity contribution in [1.29, 1.82) is 0 Å². The number of para-hydroxylation sites is 2. The van der Waals surface area contributed by atoms with Gasteiger partial charge in [0, 0.05) is 6.07 Å². The molecule has 2 aromatic heterocycles. The minimum absolute atomic E-state index is 0.574. The molecule has 1 N–H and O–H groups in total. The monoisotopic (exact) mass is 240 g/mol. The van der Waals surface area contributed by atoms with E-state index in [2.05, 4.69) is 20.4 Å². The van der Waals surface area contributed by atoms with Crippen LogP contribution >= 0.6 is 0 Å². The number of benzene rings is 1. The molecule has 90 valence electrons. The van der Waals surface area contributed by atoms with Crippen LogP contribution in [0.15, 0.2) is 41.1 Å². The lowest BCUT2D eigenvalue weighted by Crippen LogP contribution is -2.02. The molecule has 5 heteroatoms. The number of aryl methyl sites for hydroxylation is 1. The molecule has 0 unspecified atom stereocenters. The summed E-state index contributed by atoms with van der Waals surface area (Å²) in [4.78, 5) is 8.79. The lowest BCUT2D eigenvalue weighted by Gasteiger charge is -2.03. The van der Waals surface area contributed by atoms with Crippen molar-refractivity contribution in [3.8, 4) is 0 Å². The van der Waals surface area contributed by atoms with Gasteiger partial charge >= 0.3 is 0 Å². The van der Waals surface area contributed by atoms with Gasteiger partial charge in [0.05, 0.1) is 23.8 Å². The number of aromatic nitrogens is 3. The molecule has 18 heavy (non-hydrogen) atoms. The summed E-state index contributed by atoms with van der Waals surface area (Å²) in [6.45, 7) is 2.44. The fraction of sp³-hybridized carbons (Fsp3) is 0.154. The number of nitrogens with one attached hydrogen (secondary N) is 1. The Bertz CT molecular complexity index is 677. The molecule has 2 heterocycles. The molecule has 0 spiro atoms. The zero-order chi connectivity index (χ0) is 12.4. The Balaban J connectivity index is 1.78. The first-order valence-electron chi connectivity index (χ1n) is 5.69. The number of rotatable bonds is 3. The Kier molecular flexibility index (Phi) is 2.64. The van der Waals surface area contributed by atoms with E-state index in [0.29, 0.717) is 6.54 Å². The Morgan fingerprint density at radius 3 is 2.83 bits per heavy atom. The van der Waals surface area contributed by atoms with Gasteiger partial charge in [0.15, 0.2) is 0 Å². The molecule has 0 radical (unpaired) electrons. The second-order valence-electron chi connectivity index (χ2n) is 4.03. The van der Waals surface area contributed by atoms with Crippen molar-refractivity contribution < 1.29 is 4.52 Å². The van der Waals surface area contributed by atoms with Crippen molar-refractivity contribution >= 4 is 16.9 Å². The molecule has 0 saturated heterocycles. The van der Waals surface area contributed by atoms with E-state index in [1.165, 1.54) is 0 Å². The van der Waals surface area contributed by atoms with Crippen LogP contribution in [0.3, 0.4) is 0 Å². The molecule has 3 aromatic rings. The summed E-state index contributed by atoms with van der Waals surface area (Å²) in [7, 11) is 0. The fourth-order valence-electron chi connectivity index (χ4n) is 1.72. The van der Waals surface area contributed by atoms with E-state index in [1.807, 2.05) is 37.3 Å². The Labute approximate surface area is 104 Å². The van der Waals surface area contributed by atoms with Crippen molar-refractivity contribution in [3.05, 3.63) is 48.0 Å². The summed E-state index contributed by atoms with van der Waals surface area (Å²) in [5, 5.41) is 7.08. The summed E-state index contributed by atoms with van der Waals surface area (Å²) in [6, 6.07) is 9.66. The summed E-state index contributed by atoms with van der Waals surface area (Å²) in [5.74, 6) is 1.53. The van der Waals surface area contributed by atoms with E-state index in [-0.39, 0.29) is 0 Å². The maximum absolute atomic E-state index is 5.00. The van der Waals surface area contributed by atoms with Crippen LogP contribution in [0, 0.1) is 6.92 Å². The van der Waals surface area contributed by atoms with Crippen LogP contribution in [-0.2, 0) is 6.54 Å². The molecule has 0 amide bonds. The van der Waals surface area contributed by atoms with Gasteiger partial charge in [0.25, 0.3) is 0 Å². The number of hydrogen-bond donors (Lipinski definition) is 1. The van der Waals surface area contributed by atoms with Gasteiger partial charge in [-0.25, -0.2) is 4.98 Å². The van der Waals surface area contributed by atoms with Gasteiger partial charge in [-0.3, -0.25) is 4.98 Å². The summed E-state index contributed by atoms with van der Waals surface area (Å²) in [6.07, 6.45) is 1.72. The van der Waals surface area contributed by atoms with Crippen LogP contribution in [-0.4, -0.2) is 15.1 Å². The minimum atomic E-state index is 0.574. The lowest BCUT2D eigenvalue weighted by molar-refractivity contribution is 0.391. The van der Waals surface area contributed by atoms with Gasteiger partial charge < -0.3 is 9.84 Å². The molecule has 1 aromatic carbocycles. The van der Waals surface area contributed by atoms with E-state index >= 15 is 0 Å². The van der Waals surface area contributed by atoms with Crippen molar-refractivity contribution in [2.45, 2.75) is 13.5 Å². The van der Waals surface area contributed by atoms with E-state index in [0.717, 1.165) is 28.3 Å². The quantitative estimate of drug-likeness (QED) is 0.762. The SMILES string of the molecule is Cc1cc(CNc2cnc3ccccc3n2)no1. The predicted molar refractivity (Wildman–Crippen MR) is 68.1 cm³/mol. The first-order valence-corrected chi connectivity index (χ1v) is 5.69. The summed E-state index contributed by atoms with van der Waals surface area (Å²) >= 11 is 0. The van der Waals surface area contributed by atoms with Crippen molar-refractivity contribution in [3.63, 3.8) is 0 Å². The molecule has 0 aliphatic rings. The fourth-order valence-corrected chi connectivity index (χ4v) is 1.72. The van der Waals surface area contributed by atoms with Crippen LogP contribution in [0.4, 0.5) is 5.82 Å². The van der Waals surface area contributed by atoms with Gasteiger partial charge in [-0.15, -0.1) is 0 Å². The molecule has 0 saturated carbocycles. The topological polar surface area (TPSA) is 63.8 Å². The summed E-state index contributed by atoms with van der Waals surface area (Å²) in [5.41, 5.74) is 2.61. The number of nitrogens with zero attached hydrogens (tertiary/aromatic N) is 3. The molecule has 5 nitrogen and oxygen atoms in total. The Hall–Kier alpha value is -2.43. The molecule has 0 atom stereocenters. The average molecular weight is 240 g/mol. The highest BCUT2D eigenvalue weighted by molar-refractivity contribution is 5.75. The largest absolute Gasteiger partial charge is 0.363 e. The number of anilines is 1. The van der Waals surface area contributed by atoms with Gasteiger partial charge in [0.1, 0.15) is 17.3 Å². The van der Waals surface area contributed by atoms with Crippen molar-refractivity contribution in [2.75, 3.05) is 5.32 Å². The molecular formula is C13H12N4O. The summed E-state index contributed by atoms with van der Waals surface area (Å²) < 4.78 is 5.00. The van der Waals surface area contributed by atoms with Crippen molar-refractivity contribution in [2.24, 2.45) is 0 Å². The molecular weight excluding hydrogens is 228 g/mol. The third kappa shape index (κ3) is 2.15. The van der Waals surface area contributed by atoms with Crippen LogP contribution in [0.1, 0.15) is 11.5 Å². The molecule has 0 fully saturated rings. The van der Waals surface area contributed by atoms with Gasteiger partial charge in [0.2, 0.25) is 0 Å². The van der Waals surface area contributed by atoms with Gasteiger partial charge in [-0.2, -0.15) is 0 Å². The third-order valence-electron chi connectivity index (χ3n) is 2.58. The molecule has 0 aliphatic carbocycles. The number of fused-ring (bicyclic) bond motifs is 1. The lowest BCUT2D eigenvalue weighted by atomic mass is 10.3. The standard InChI is InChI=1S/C13H12N4O/c1-9-6-10(17-18-9)7-15-13-8-14-11-4-2-3-5-12(11)16-13/h2-6,8H,7H2,1H3,(H,15,16). The highest BCUT2D eigenvalue weighted by Crippen LogP contribution is 2.12. The maximum atomic E-state index is 5.00. The van der Waals surface area contributed by atoms with Crippen LogP contribution in [0.5, 0.6) is 0 Å². The smallest absolute Gasteiger partial charge is 0.145 e. The van der Waals surface area contributed by atoms with E-state index < -0.39 is 0 Å². The van der Waals surface area contributed by atoms with E-state index in [4.69, 9.17) is 4.52 Å². The zero-order valence-electron chi connectivity index (χ0n) is 9.92. The normalized spacial score (nSPS) is 10.7.